The highest BCUT2D eigenvalue weighted by molar-refractivity contribution is 5.89. The number of esters is 2. The van der Waals surface area contributed by atoms with Gasteiger partial charge in [0.1, 0.15) is 163 Å². The van der Waals surface area contributed by atoms with Crippen LogP contribution in [0.3, 0.4) is 0 Å². The predicted molar refractivity (Wildman–Crippen MR) is 317 cm³/mol. The summed E-state index contributed by atoms with van der Waals surface area (Å²) in [7, 11) is 0. The van der Waals surface area contributed by atoms with Gasteiger partial charge in [-0.05, 0) is 85.7 Å². The molecule has 96 heavy (non-hydrogen) atoms. The molecule has 4 aromatic carbocycles. The highest BCUT2D eigenvalue weighted by Crippen LogP contribution is 2.41. The van der Waals surface area contributed by atoms with Crippen LogP contribution >= 0.6 is 0 Å². The maximum atomic E-state index is 14.8. The minimum atomic E-state index is -2.34. The molecule has 6 heterocycles. The van der Waals surface area contributed by atoms with E-state index in [0.29, 0.717) is 11.1 Å². The van der Waals surface area contributed by atoms with E-state index in [4.69, 9.17) is 61.3 Å². The zero-order chi connectivity index (χ0) is 69.1. The van der Waals surface area contributed by atoms with E-state index < -0.39 is 219 Å². The van der Waals surface area contributed by atoms with Gasteiger partial charge in [0, 0.05) is 29.8 Å². The molecule has 0 aliphatic carbocycles. The van der Waals surface area contributed by atoms with Crippen molar-refractivity contribution in [3.05, 3.63) is 118 Å². The van der Waals surface area contributed by atoms with E-state index in [1.165, 1.54) is 98.8 Å². The van der Waals surface area contributed by atoms with Crippen molar-refractivity contribution in [2.75, 3.05) is 19.8 Å². The summed E-state index contributed by atoms with van der Waals surface area (Å²) in [5.41, 5.74) is -0.720. The van der Waals surface area contributed by atoms with Crippen LogP contribution in [0, 0.1) is 0 Å². The monoisotopic (exact) mass is 1360 g/mol. The summed E-state index contributed by atoms with van der Waals surface area (Å²) < 4.78 is 75.9. The molecular weight excluding hydrogens is 1280 g/mol. The lowest BCUT2D eigenvalue weighted by molar-refractivity contribution is -0.384. The Morgan fingerprint density at radius 3 is 1.41 bits per heavy atom. The maximum absolute atomic E-state index is 14.8. The molecule has 0 amide bonds. The van der Waals surface area contributed by atoms with Crippen LogP contribution in [-0.4, -0.2) is 272 Å². The van der Waals surface area contributed by atoms with Crippen LogP contribution in [-0.2, 0) is 57.0 Å². The summed E-state index contributed by atoms with van der Waals surface area (Å²) in [5.74, 6) is -4.92. The van der Waals surface area contributed by atoms with Crippen molar-refractivity contribution in [3.63, 3.8) is 0 Å². The third-order valence-corrected chi connectivity index (χ3v) is 16.5. The number of aromatic hydroxyl groups is 4. The fourth-order valence-corrected chi connectivity index (χ4v) is 11.1. The van der Waals surface area contributed by atoms with Gasteiger partial charge in [-0.25, -0.2) is 9.59 Å². The highest BCUT2D eigenvalue weighted by Gasteiger charge is 2.56. The lowest BCUT2D eigenvalue weighted by atomic mass is 9.95. The van der Waals surface area contributed by atoms with E-state index in [-0.39, 0.29) is 28.6 Å². The Morgan fingerprint density at radius 1 is 0.458 bits per heavy atom. The molecule has 1 aromatic heterocycles. The minimum Gasteiger partial charge on any atom is -0.508 e. The first-order valence-electron chi connectivity index (χ1n) is 30.0. The van der Waals surface area contributed by atoms with Crippen LogP contribution in [0.4, 0.5) is 0 Å². The van der Waals surface area contributed by atoms with Gasteiger partial charge in [0.25, 0.3) is 0 Å². The lowest BCUT2D eigenvalue weighted by Gasteiger charge is -2.49. The van der Waals surface area contributed by atoms with E-state index in [9.17, 15) is 101 Å². The number of phenolic OH excluding ortho intramolecular Hbond substituents is 4. The number of aliphatic hydroxyl groups is 13. The number of phenols is 4. The number of carbonyl (C=O) groups excluding carboxylic acids is 2. The Kier molecular flexibility index (Phi) is 22.6. The molecule has 0 bridgehead atoms. The van der Waals surface area contributed by atoms with Gasteiger partial charge in [-0.15, -0.1) is 0 Å². The normalized spacial score (nSPS) is 35.8. The molecule has 0 saturated carbocycles. The smallest absolute Gasteiger partial charge is 0.330 e. The number of hydrogen-bond acceptors (Lipinski definition) is 33. The Bertz CT molecular complexity index is 3570. The van der Waals surface area contributed by atoms with E-state index in [1.54, 1.807) is 0 Å². The van der Waals surface area contributed by atoms with Gasteiger partial charge < -0.3 is 148 Å². The molecule has 522 valence electrons. The van der Waals surface area contributed by atoms with Crippen molar-refractivity contribution in [1.82, 2.24) is 0 Å². The molecule has 17 N–H and O–H groups in total. The van der Waals surface area contributed by atoms with Gasteiger partial charge in [-0.2, -0.15) is 0 Å². The van der Waals surface area contributed by atoms with Crippen molar-refractivity contribution in [2.24, 2.45) is 0 Å². The SMILES string of the molecule is C[C@H]1O[C@H](Oc2cc(O)c3c(=O)c(O[C@@H]4O[C@H](COC(=O)C=Cc5ccc(O)cc5)[C@H](O[C@H]5O[C@@H](COC(=O)C=Cc6ccc(O)cc6)[C@H](O[C@H]6O[C@H](C)[C@@H](O[C@H]7O[C@H](CO)[C@@H](O)[C@H](O)[C@H]7O)[C@@H](O)[C@@H]6O)[C@H](O)[C@H]5O)[C@@H](O)[C@@H]4O)c(-c4ccc(O)cc4)oc3c2)[C@H](O)[C@H](O)[C@H]1O. The van der Waals surface area contributed by atoms with Crippen molar-refractivity contribution >= 4 is 35.1 Å². The molecule has 0 unspecified atom stereocenters. The van der Waals surface area contributed by atoms with E-state index in [1.807, 2.05) is 0 Å². The molecule has 33 heteroatoms. The van der Waals surface area contributed by atoms with Crippen molar-refractivity contribution < 1.29 is 158 Å². The fraction of sp³-hybridized carbons (Fsp3) is 0.476. The number of rotatable bonds is 20. The van der Waals surface area contributed by atoms with Gasteiger partial charge >= 0.3 is 11.9 Å². The average molecular weight is 1360 g/mol. The largest absolute Gasteiger partial charge is 0.508 e. The van der Waals surface area contributed by atoms with Crippen LogP contribution in [0.5, 0.6) is 34.5 Å². The van der Waals surface area contributed by atoms with Gasteiger partial charge in [0.15, 0.2) is 24.6 Å². The lowest BCUT2D eigenvalue weighted by Crippen LogP contribution is -2.67. The fourth-order valence-electron chi connectivity index (χ4n) is 11.1. The molecule has 25 atom stereocenters. The number of fused-ring (bicyclic) bond motifs is 1. The molecule has 5 aromatic rings. The minimum absolute atomic E-state index is 0.000645. The first-order chi connectivity index (χ1) is 45.7. The maximum Gasteiger partial charge on any atom is 0.330 e. The standard InChI is InChI=1S/C63H72O33/c1-24-41(71)44(74)49(79)59(86-24)88-32-19-33(68)40-34(20-32)89-55(28-9-15-31(67)16-10-28)58(43(40)73)96-63-53(83)48(78)57(37(92-63)23-85-39(70)18-8-27-5-13-30(66)14-6-27)95-62-52(82)47(77)56(36(91-62)22-84-38(69)17-7-26-3-11-29(65)12-4-26)94-60-51(81)46(76)54(25(2)87-60)93-61-50(80)45(75)42(72)35(21-64)90-61/h3-20,24-25,35-37,41-42,44-54,56-57,59-68,71-72,74-83H,21-23H2,1-2H3/t24-,25-,35-,36+,37-,41+,42-,44-,45+,46+,47-,48+,49-,50-,51+,52-,53+,54-,56+,57+,59-,60-,61-,62-,63+/m1/s1. The number of benzene rings is 4. The van der Waals surface area contributed by atoms with Gasteiger partial charge in [0.05, 0.1) is 18.8 Å². The summed E-state index contributed by atoms with van der Waals surface area (Å²) in [6.45, 7) is 0.0312. The first kappa shape index (κ1) is 71.2. The number of hydrogen-bond donors (Lipinski definition) is 17. The van der Waals surface area contributed by atoms with Crippen LogP contribution in [0.25, 0.3) is 34.4 Å². The predicted octanol–water partition coefficient (Wildman–Crippen LogP) is -3.30. The summed E-state index contributed by atoms with van der Waals surface area (Å²) in [6, 6.07) is 18.2. The molecule has 5 aliphatic heterocycles. The van der Waals surface area contributed by atoms with Gasteiger partial charge in [-0.3, -0.25) is 4.79 Å². The summed E-state index contributed by atoms with van der Waals surface area (Å²) in [5, 5.41) is 184. The Morgan fingerprint density at radius 2 is 0.875 bits per heavy atom. The van der Waals surface area contributed by atoms with E-state index in [2.05, 4.69) is 0 Å². The topological polar surface area (TPSA) is 519 Å². The summed E-state index contributed by atoms with van der Waals surface area (Å²) in [4.78, 5) is 41.4. The van der Waals surface area contributed by atoms with Gasteiger partial charge in [-0.1, -0.05) is 24.3 Å². The molecule has 5 aliphatic rings. The number of aliphatic hydroxyl groups excluding tert-OH is 13. The molecule has 5 saturated heterocycles. The molecule has 10 rings (SSSR count). The molecule has 5 fully saturated rings. The van der Waals surface area contributed by atoms with Crippen molar-refractivity contribution in [2.45, 2.75) is 167 Å². The van der Waals surface area contributed by atoms with Gasteiger partial charge in [0.2, 0.25) is 23.8 Å². The second-order valence-electron chi connectivity index (χ2n) is 23.2. The Balaban J connectivity index is 0.935. The van der Waals surface area contributed by atoms with E-state index >= 15 is 0 Å². The van der Waals surface area contributed by atoms with Crippen LogP contribution < -0.4 is 14.9 Å². The second-order valence-corrected chi connectivity index (χ2v) is 23.2. The summed E-state index contributed by atoms with van der Waals surface area (Å²) in [6.07, 6.45) is -42.3. The average Bonchev–Trinajstić information content (AvgIpc) is 0.760. The zero-order valence-corrected chi connectivity index (χ0v) is 50.6. The van der Waals surface area contributed by atoms with Crippen molar-refractivity contribution in [1.29, 1.82) is 0 Å². The zero-order valence-electron chi connectivity index (χ0n) is 50.6. The number of carbonyl (C=O) groups is 2. The van der Waals surface area contributed by atoms with Crippen LogP contribution in [0.1, 0.15) is 25.0 Å². The molecule has 0 radical (unpaired) electrons. The Labute approximate surface area is 542 Å². The van der Waals surface area contributed by atoms with E-state index in [0.717, 1.165) is 24.3 Å². The van der Waals surface area contributed by atoms with Crippen LogP contribution in [0.2, 0.25) is 0 Å². The third kappa shape index (κ3) is 15.7. The van der Waals surface area contributed by atoms with Crippen LogP contribution in [0.15, 0.2) is 106 Å². The number of ether oxygens (including phenoxy) is 12. The Hall–Kier alpha value is -7.53. The molecule has 33 nitrogen and oxygen atoms in total. The highest BCUT2D eigenvalue weighted by atomic mass is 16.8. The first-order valence-corrected chi connectivity index (χ1v) is 30.0. The molecular formula is C63H72O33. The quantitative estimate of drug-likeness (QED) is 0.0268. The second kappa shape index (κ2) is 30.5. The van der Waals surface area contributed by atoms with Crippen molar-refractivity contribution in [3.8, 4) is 45.8 Å². The third-order valence-electron chi connectivity index (χ3n) is 16.5. The molecule has 0 spiro atoms. The summed E-state index contributed by atoms with van der Waals surface area (Å²) >= 11 is 0.